The number of nitrogens with one attached hydrogen (secondary N) is 1. The van der Waals surface area contributed by atoms with E-state index in [0.29, 0.717) is 39.1 Å². The molecule has 13 nitrogen and oxygen atoms in total. The zero-order valence-electron chi connectivity index (χ0n) is 36.2. The predicted octanol–water partition coefficient (Wildman–Crippen LogP) is 9.23. The molecule has 1 amide bonds. The maximum Gasteiger partial charge on any atom is 0.523 e. The molecule has 1 aliphatic heterocycles. The summed E-state index contributed by atoms with van der Waals surface area (Å²) in [7, 11) is -6.18. The number of ether oxygens (including phenoxy) is 4. The van der Waals surface area contributed by atoms with Gasteiger partial charge in [0, 0.05) is 11.8 Å². The lowest BCUT2D eigenvalue weighted by Crippen LogP contribution is -2.51. The van der Waals surface area contributed by atoms with Gasteiger partial charge in [-0.3, -0.25) is 8.98 Å². The van der Waals surface area contributed by atoms with Crippen LogP contribution in [0.1, 0.15) is 54.0 Å². The fourth-order valence-corrected chi connectivity index (χ4v) is 9.27. The Labute approximate surface area is 370 Å². The van der Waals surface area contributed by atoms with Crippen LogP contribution in [-0.2, 0) is 33.8 Å². The molecule has 0 bridgehead atoms. The maximum atomic E-state index is 14.4. The smallest absolute Gasteiger partial charge is 0.497 e. The summed E-state index contributed by atoms with van der Waals surface area (Å²) in [6, 6.07) is 33.5. The van der Waals surface area contributed by atoms with Crippen molar-refractivity contribution in [3.8, 4) is 11.5 Å². The molecule has 4 aromatic carbocycles. The Morgan fingerprint density at radius 1 is 0.781 bits per heavy atom. The van der Waals surface area contributed by atoms with Gasteiger partial charge in [0.25, 0.3) is 5.91 Å². The molecule has 0 radical (unpaired) electrons. The van der Waals surface area contributed by atoms with Crippen molar-refractivity contribution in [3.05, 3.63) is 150 Å². The zero-order chi connectivity index (χ0) is 46.1. The first kappa shape index (κ1) is 46.4. The average Bonchev–Trinajstić information content (AvgIpc) is 3.85. The van der Waals surface area contributed by atoms with Crippen molar-refractivity contribution in [3.63, 3.8) is 0 Å². The summed E-state index contributed by atoms with van der Waals surface area (Å²) in [5.74, 6) is 0.827. The molecular weight excluding hydrogens is 870 g/mol. The van der Waals surface area contributed by atoms with E-state index in [9.17, 15) is 26.4 Å². The second kappa shape index (κ2) is 18.1. The van der Waals surface area contributed by atoms with Crippen molar-refractivity contribution < 1.29 is 53.9 Å². The average molecular weight is 919 g/mol. The third-order valence-corrected chi connectivity index (χ3v) is 17.2. The first-order valence-corrected chi connectivity index (χ1v) is 24.6. The van der Waals surface area contributed by atoms with Gasteiger partial charge in [-0.05, 0) is 77.3 Å². The van der Waals surface area contributed by atoms with Crippen LogP contribution in [0, 0.1) is 0 Å². The van der Waals surface area contributed by atoms with E-state index in [0.717, 1.165) is 0 Å². The van der Waals surface area contributed by atoms with Crippen LogP contribution in [0.3, 0.4) is 0 Å². The summed E-state index contributed by atoms with van der Waals surface area (Å²) < 4.78 is 108. The molecule has 18 heteroatoms. The highest BCUT2D eigenvalue weighted by molar-refractivity contribution is 7.87. The molecule has 338 valence electrons. The summed E-state index contributed by atoms with van der Waals surface area (Å²) in [6.07, 6.45) is -3.47. The molecule has 1 fully saturated rings. The fraction of sp³-hybridized carbons (Fsp3) is 0.326. The number of carbonyl (C=O) groups is 1. The number of anilines is 1. The minimum absolute atomic E-state index is 0.149. The number of nitrogens with zero attached hydrogens (tertiary/aromatic N) is 3. The Hall–Kier alpha value is -5.63. The van der Waals surface area contributed by atoms with E-state index in [1.807, 2.05) is 64.2 Å². The quantitative estimate of drug-likeness (QED) is 0.0455. The first-order valence-electron chi connectivity index (χ1n) is 20.3. The van der Waals surface area contributed by atoms with Gasteiger partial charge >= 0.3 is 15.6 Å². The Balaban J connectivity index is 1.38. The van der Waals surface area contributed by atoms with E-state index in [1.165, 1.54) is 25.1 Å². The Kier molecular flexibility index (Phi) is 13.1. The summed E-state index contributed by atoms with van der Waals surface area (Å²) in [6.45, 7) is 9.04. The Morgan fingerprint density at radius 2 is 1.33 bits per heavy atom. The summed E-state index contributed by atoms with van der Waals surface area (Å²) >= 11 is 0. The van der Waals surface area contributed by atoms with Crippen LogP contribution >= 0.6 is 0 Å². The topological polar surface area (TPSA) is 149 Å². The maximum absolute atomic E-state index is 14.4. The molecule has 2 aromatic heterocycles. The number of hydrogen-bond donors (Lipinski definition) is 1. The lowest BCUT2D eigenvalue weighted by Gasteiger charge is -2.40. The molecular formula is C46H49F3N4O9SSi. The fourth-order valence-electron chi connectivity index (χ4n) is 7.35. The number of rotatable bonds is 15. The molecule has 3 heterocycles. The van der Waals surface area contributed by atoms with Crippen LogP contribution in [0.15, 0.2) is 128 Å². The number of alkyl halides is 3. The summed E-state index contributed by atoms with van der Waals surface area (Å²) in [4.78, 5) is 22.0. The number of hydrogen-bond acceptors (Lipinski definition) is 11. The van der Waals surface area contributed by atoms with Gasteiger partial charge in [-0.2, -0.15) is 21.6 Å². The summed E-state index contributed by atoms with van der Waals surface area (Å²) in [5, 5.41) is 2.66. The monoisotopic (exact) mass is 918 g/mol. The lowest BCUT2D eigenvalue weighted by molar-refractivity contribution is -0.0953. The van der Waals surface area contributed by atoms with Crippen molar-refractivity contribution in [1.82, 2.24) is 14.5 Å². The normalized spacial score (nSPS) is 18.5. The second-order valence-electron chi connectivity index (χ2n) is 16.7. The number of methoxy groups -OCH3 is 2. The first-order chi connectivity index (χ1) is 30.3. The van der Waals surface area contributed by atoms with Crippen molar-refractivity contribution in [1.29, 1.82) is 0 Å². The SMILES string of the molecule is COc1ccc(C(OC[C@H]2O[C@@H](n3ccc4c(NC(=O)c5ccccc5)ncnc43)[C@H](O[Si](C)(C)C(C)(C)C)[C@@H]2OS(=O)(=O)C(F)(F)F)(c2ccccc2)c2ccc(OC)cc2)cc1. The van der Waals surface area contributed by atoms with Crippen LogP contribution in [0.25, 0.3) is 11.0 Å². The van der Waals surface area contributed by atoms with Crippen LogP contribution in [0.5, 0.6) is 11.5 Å². The molecule has 7 rings (SSSR count). The van der Waals surface area contributed by atoms with Gasteiger partial charge in [0.15, 0.2) is 14.5 Å². The molecule has 0 unspecified atom stereocenters. The molecule has 0 spiro atoms. The van der Waals surface area contributed by atoms with Crippen LogP contribution in [-0.4, -0.2) is 81.8 Å². The molecule has 4 atom stereocenters. The van der Waals surface area contributed by atoms with Crippen LogP contribution in [0.2, 0.25) is 18.1 Å². The molecule has 0 saturated carbocycles. The van der Waals surface area contributed by atoms with Crippen LogP contribution < -0.4 is 14.8 Å². The van der Waals surface area contributed by atoms with Crippen LogP contribution in [0.4, 0.5) is 19.0 Å². The predicted molar refractivity (Wildman–Crippen MR) is 236 cm³/mol. The van der Waals surface area contributed by atoms with E-state index >= 15 is 0 Å². The van der Waals surface area contributed by atoms with E-state index in [-0.39, 0.29) is 11.5 Å². The molecule has 64 heavy (non-hydrogen) atoms. The Morgan fingerprint density at radius 3 is 1.86 bits per heavy atom. The van der Waals surface area contributed by atoms with Crippen molar-refractivity contribution in [2.24, 2.45) is 0 Å². The summed E-state index contributed by atoms with van der Waals surface area (Å²) in [5.41, 5.74) is -4.85. The number of aromatic nitrogens is 3. The largest absolute Gasteiger partial charge is 0.523 e. The van der Waals surface area contributed by atoms with Gasteiger partial charge < -0.3 is 33.3 Å². The number of benzene rings is 4. The zero-order valence-corrected chi connectivity index (χ0v) is 38.0. The van der Waals surface area contributed by atoms with Gasteiger partial charge in [-0.25, -0.2) is 9.97 Å². The number of halogens is 3. The van der Waals surface area contributed by atoms with E-state index < -0.39 is 71.6 Å². The minimum atomic E-state index is -6.26. The highest BCUT2D eigenvalue weighted by Gasteiger charge is 2.58. The van der Waals surface area contributed by atoms with Gasteiger partial charge in [-0.1, -0.05) is 93.6 Å². The van der Waals surface area contributed by atoms with Crippen molar-refractivity contribution >= 4 is 41.2 Å². The second-order valence-corrected chi connectivity index (χ2v) is 23.0. The lowest BCUT2D eigenvalue weighted by atomic mass is 9.80. The van der Waals surface area contributed by atoms with Crippen molar-refractivity contribution in [2.75, 3.05) is 26.1 Å². The third-order valence-electron chi connectivity index (χ3n) is 11.7. The van der Waals surface area contributed by atoms with E-state index in [2.05, 4.69) is 15.3 Å². The number of amides is 1. The van der Waals surface area contributed by atoms with Crippen molar-refractivity contribution in [2.45, 2.75) is 74.6 Å². The molecule has 1 N–H and O–H groups in total. The minimum Gasteiger partial charge on any atom is -0.497 e. The third kappa shape index (κ3) is 9.16. The number of carbonyl (C=O) groups excluding carboxylic acids is 1. The van der Waals surface area contributed by atoms with Gasteiger partial charge in [0.2, 0.25) is 0 Å². The molecule has 0 aliphatic carbocycles. The highest BCUT2D eigenvalue weighted by Crippen LogP contribution is 2.47. The van der Waals surface area contributed by atoms with Gasteiger partial charge in [-0.15, -0.1) is 0 Å². The van der Waals surface area contributed by atoms with E-state index in [1.54, 1.807) is 91.1 Å². The molecule has 1 aliphatic rings. The molecule has 6 aromatic rings. The number of fused-ring (bicyclic) bond motifs is 1. The van der Waals surface area contributed by atoms with Gasteiger partial charge in [0.05, 0.1) is 26.2 Å². The molecule has 1 saturated heterocycles. The Bertz CT molecular complexity index is 2620. The van der Waals surface area contributed by atoms with E-state index in [4.69, 9.17) is 27.6 Å². The van der Waals surface area contributed by atoms with Gasteiger partial charge in [0.1, 0.15) is 53.2 Å². The standard InChI is InChI=1S/C46H49F3N4O9SSi/c1-44(2,3)64(6,7)62-39-38(61-63(55,56)46(47,48)49)37(60-43(39)53-27-26-36-40(50-29-51-41(36)53)52-42(54)30-14-10-8-11-15-30)28-59-45(31-16-12-9-13-17-31,32-18-22-34(57-4)23-19-32)33-20-24-35(58-5)25-21-33/h8-27,29,37-39,43H,28H2,1-7H3,(H,50,51,52,54)/t37-,38-,39-,43-/m1/s1. The highest BCUT2D eigenvalue weighted by atomic mass is 32.2.